The summed E-state index contributed by atoms with van der Waals surface area (Å²) < 4.78 is 27.9. The van der Waals surface area contributed by atoms with Crippen molar-refractivity contribution in [3.63, 3.8) is 0 Å². The van der Waals surface area contributed by atoms with Gasteiger partial charge in [-0.3, -0.25) is 0 Å². The summed E-state index contributed by atoms with van der Waals surface area (Å²) in [7, 11) is -3.42. The van der Waals surface area contributed by atoms with Gasteiger partial charge in [-0.1, -0.05) is 18.2 Å². The summed E-state index contributed by atoms with van der Waals surface area (Å²) in [6, 6.07) is 11.1. The van der Waals surface area contributed by atoms with E-state index in [1.807, 2.05) is 24.3 Å². The van der Waals surface area contributed by atoms with E-state index in [1.54, 1.807) is 17.5 Å². The van der Waals surface area contributed by atoms with Gasteiger partial charge in [0.05, 0.1) is 16.8 Å². The van der Waals surface area contributed by atoms with Crippen molar-refractivity contribution in [1.82, 2.24) is 9.71 Å². The van der Waals surface area contributed by atoms with Crippen molar-refractivity contribution >= 4 is 42.9 Å². The number of benzene rings is 1. The van der Waals surface area contributed by atoms with Crippen molar-refractivity contribution in [3.8, 4) is 0 Å². The maximum absolute atomic E-state index is 12.0. The van der Waals surface area contributed by atoms with Crippen LogP contribution in [0.1, 0.15) is 5.01 Å². The summed E-state index contributed by atoms with van der Waals surface area (Å²) in [5.41, 5.74) is 0.901. The molecule has 0 bridgehead atoms. The van der Waals surface area contributed by atoms with Gasteiger partial charge < -0.3 is 0 Å². The highest BCUT2D eigenvalue weighted by Gasteiger charge is 2.15. The van der Waals surface area contributed by atoms with Crippen LogP contribution in [0.15, 0.2) is 46.0 Å². The van der Waals surface area contributed by atoms with E-state index in [0.29, 0.717) is 4.21 Å². The Bertz CT molecular complexity index is 758. The van der Waals surface area contributed by atoms with Crippen LogP contribution in [0, 0.1) is 0 Å². The quantitative estimate of drug-likeness (QED) is 0.806. The minimum atomic E-state index is -3.42. The van der Waals surface area contributed by atoms with E-state index in [9.17, 15) is 8.42 Å². The normalized spacial score (nSPS) is 12.0. The number of thiazole rings is 1. The van der Waals surface area contributed by atoms with E-state index in [1.165, 1.54) is 22.7 Å². The first-order chi connectivity index (χ1) is 9.15. The Morgan fingerprint density at radius 2 is 2.00 bits per heavy atom. The van der Waals surface area contributed by atoms with Crippen molar-refractivity contribution in [1.29, 1.82) is 0 Å². The third kappa shape index (κ3) is 2.69. The lowest BCUT2D eigenvalue weighted by Crippen LogP contribution is -2.22. The van der Waals surface area contributed by atoms with Crippen LogP contribution in [0.5, 0.6) is 0 Å². The summed E-state index contributed by atoms with van der Waals surface area (Å²) >= 11 is 2.70. The van der Waals surface area contributed by atoms with E-state index in [-0.39, 0.29) is 6.54 Å². The van der Waals surface area contributed by atoms with Crippen LogP contribution in [0.25, 0.3) is 10.2 Å². The molecule has 1 aromatic carbocycles. The first-order valence-electron chi connectivity index (χ1n) is 5.53. The van der Waals surface area contributed by atoms with Crippen molar-refractivity contribution < 1.29 is 8.42 Å². The number of hydrogen-bond donors (Lipinski definition) is 1. The number of sulfonamides is 1. The number of rotatable bonds is 4. The molecule has 0 fully saturated rings. The van der Waals surface area contributed by atoms with E-state index in [0.717, 1.165) is 15.2 Å². The Morgan fingerprint density at radius 1 is 1.16 bits per heavy atom. The number of para-hydroxylation sites is 1. The highest BCUT2D eigenvalue weighted by atomic mass is 32.2. The van der Waals surface area contributed by atoms with Crippen molar-refractivity contribution in [2.45, 2.75) is 10.8 Å². The third-order valence-corrected chi connectivity index (χ3v) is 6.35. The first-order valence-corrected chi connectivity index (χ1v) is 8.71. The predicted molar refractivity (Wildman–Crippen MR) is 78.0 cm³/mol. The molecule has 3 rings (SSSR count). The molecule has 7 heteroatoms. The summed E-state index contributed by atoms with van der Waals surface area (Å²) in [6.45, 7) is 0.222. The van der Waals surface area contributed by atoms with Gasteiger partial charge in [-0.05, 0) is 23.6 Å². The van der Waals surface area contributed by atoms with E-state index < -0.39 is 10.0 Å². The van der Waals surface area contributed by atoms with Crippen LogP contribution in [0.4, 0.5) is 0 Å². The predicted octanol–water partition coefficient (Wildman–Crippen LogP) is 2.84. The van der Waals surface area contributed by atoms with Gasteiger partial charge >= 0.3 is 0 Å². The minimum absolute atomic E-state index is 0.222. The van der Waals surface area contributed by atoms with Crippen LogP contribution in [0.3, 0.4) is 0 Å². The van der Waals surface area contributed by atoms with Gasteiger partial charge in [0.2, 0.25) is 10.0 Å². The van der Waals surface area contributed by atoms with Gasteiger partial charge in [-0.2, -0.15) is 0 Å². The molecule has 3 aromatic rings. The highest BCUT2D eigenvalue weighted by Crippen LogP contribution is 2.22. The Balaban J connectivity index is 1.79. The van der Waals surface area contributed by atoms with Crippen LogP contribution in [0.2, 0.25) is 0 Å². The summed E-state index contributed by atoms with van der Waals surface area (Å²) in [5, 5.41) is 2.51. The highest BCUT2D eigenvalue weighted by molar-refractivity contribution is 7.91. The van der Waals surface area contributed by atoms with Crippen molar-refractivity contribution in [2.75, 3.05) is 0 Å². The molecule has 2 aromatic heterocycles. The summed E-state index contributed by atoms with van der Waals surface area (Å²) in [5.74, 6) is 0. The lowest BCUT2D eigenvalue weighted by atomic mass is 10.3. The number of fused-ring (bicyclic) bond motifs is 1. The van der Waals surface area contributed by atoms with Gasteiger partial charge in [0.1, 0.15) is 9.22 Å². The zero-order valence-electron chi connectivity index (χ0n) is 9.74. The molecule has 1 N–H and O–H groups in total. The number of thiophene rings is 1. The van der Waals surface area contributed by atoms with Gasteiger partial charge in [-0.25, -0.2) is 18.1 Å². The lowest BCUT2D eigenvalue weighted by molar-refractivity contribution is 0.583. The molecule has 0 spiro atoms. The largest absolute Gasteiger partial charge is 0.250 e. The molecule has 0 amide bonds. The molecule has 98 valence electrons. The molecule has 0 aliphatic heterocycles. The van der Waals surface area contributed by atoms with Crippen molar-refractivity contribution in [3.05, 3.63) is 46.8 Å². The van der Waals surface area contributed by atoms with Crippen LogP contribution < -0.4 is 4.72 Å². The zero-order valence-corrected chi connectivity index (χ0v) is 12.2. The van der Waals surface area contributed by atoms with Gasteiger partial charge in [0.15, 0.2) is 0 Å². The number of nitrogens with one attached hydrogen (secondary N) is 1. The Morgan fingerprint density at radius 3 is 2.74 bits per heavy atom. The Labute approximate surface area is 118 Å². The van der Waals surface area contributed by atoms with Crippen LogP contribution >= 0.6 is 22.7 Å². The second-order valence-electron chi connectivity index (χ2n) is 3.83. The third-order valence-electron chi connectivity index (χ3n) is 2.51. The molecule has 0 aliphatic carbocycles. The molecule has 0 unspecified atom stereocenters. The molecular formula is C12H10N2O2S3. The fourth-order valence-electron chi connectivity index (χ4n) is 1.64. The topological polar surface area (TPSA) is 59.1 Å². The summed E-state index contributed by atoms with van der Waals surface area (Å²) in [6.07, 6.45) is 0. The molecule has 0 saturated carbocycles. The monoisotopic (exact) mass is 310 g/mol. The average Bonchev–Trinajstić information content (AvgIpc) is 3.05. The Kier molecular flexibility index (Phi) is 3.36. The number of nitrogens with zero attached hydrogens (tertiary/aromatic N) is 1. The molecule has 0 radical (unpaired) electrons. The SMILES string of the molecule is O=S(=O)(NCc1nc2ccccc2s1)c1cccs1. The van der Waals surface area contributed by atoms with Gasteiger partial charge in [0, 0.05) is 0 Å². The zero-order chi connectivity index (χ0) is 13.3. The lowest BCUT2D eigenvalue weighted by Gasteiger charge is -2.01. The van der Waals surface area contributed by atoms with E-state index in [4.69, 9.17) is 0 Å². The maximum atomic E-state index is 12.0. The maximum Gasteiger partial charge on any atom is 0.250 e. The molecular weight excluding hydrogens is 300 g/mol. The molecule has 0 atom stereocenters. The number of hydrogen-bond acceptors (Lipinski definition) is 5. The van der Waals surface area contributed by atoms with Gasteiger partial charge in [-0.15, -0.1) is 22.7 Å². The smallest absolute Gasteiger partial charge is 0.240 e. The second kappa shape index (κ2) is 5.01. The minimum Gasteiger partial charge on any atom is -0.240 e. The first kappa shape index (κ1) is 12.7. The van der Waals surface area contributed by atoms with Crippen molar-refractivity contribution in [2.24, 2.45) is 0 Å². The molecule has 19 heavy (non-hydrogen) atoms. The standard InChI is InChI=1S/C12H10N2O2S3/c15-19(16,12-6-3-7-17-12)13-8-11-14-9-4-1-2-5-10(9)18-11/h1-7,13H,8H2. The molecule has 0 saturated heterocycles. The van der Waals surface area contributed by atoms with Crippen LogP contribution in [-0.2, 0) is 16.6 Å². The van der Waals surface area contributed by atoms with E-state index >= 15 is 0 Å². The molecule has 4 nitrogen and oxygen atoms in total. The Hall–Kier alpha value is -1.28. The van der Waals surface area contributed by atoms with Gasteiger partial charge in [0.25, 0.3) is 0 Å². The fourth-order valence-corrected chi connectivity index (χ4v) is 4.66. The molecule has 2 heterocycles. The summed E-state index contributed by atoms with van der Waals surface area (Å²) in [4.78, 5) is 4.39. The average molecular weight is 310 g/mol. The molecule has 0 aliphatic rings. The number of aromatic nitrogens is 1. The van der Waals surface area contributed by atoms with E-state index in [2.05, 4.69) is 9.71 Å². The second-order valence-corrected chi connectivity index (χ2v) is 7.89. The van der Waals surface area contributed by atoms with Crippen LogP contribution in [-0.4, -0.2) is 13.4 Å². The fraction of sp³-hybridized carbons (Fsp3) is 0.0833.